The van der Waals surface area contributed by atoms with Gasteiger partial charge in [0.2, 0.25) is 10.0 Å². The van der Waals surface area contributed by atoms with E-state index in [2.05, 4.69) is 0 Å². The number of halogens is 2. The third-order valence-corrected chi connectivity index (χ3v) is 5.81. The van der Waals surface area contributed by atoms with Gasteiger partial charge in [-0.1, -0.05) is 13.0 Å². The lowest BCUT2D eigenvalue weighted by atomic mass is 9.93. The van der Waals surface area contributed by atoms with Crippen LogP contribution in [-0.4, -0.2) is 37.0 Å². The van der Waals surface area contributed by atoms with E-state index in [1.54, 1.807) is 0 Å². The predicted octanol–water partition coefficient (Wildman–Crippen LogP) is 1.89. The molecule has 1 saturated heterocycles. The largest absolute Gasteiger partial charge is 0.395 e. The van der Waals surface area contributed by atoms with Crippen LogP contribution in [0.3, 0.4) is 0 Å². The summed E-state index contributed by atoms with van der Waals surface area (Å²) in [6.07, 6.45) is 1.56. The van der Waals surface area contributed by atoms with Gasteiger partial charge in [-0.15, -0.1) is 0 Å². The maximum atomic E-state index is 13.6. The van der Waals surface area contributed by atoms with Crippen LogP contribution in [0.2, 0.25) is 0 Å². The lowest BCUT2D eigenvalue weighted by Gasteiger charge is -2.37. The fourth-order valence-electron chi connectivity index (χ4n) is 2.75. The third-order valence-electron chi connectivity index (χ3n) is 3.96. The fourth-order valence-corrected chi connectivity index (χ4v) is 4.63. The highest BCUT2D eigenvalue weighted by Crippen LogP contribution is 2.27. The van der Waals surface area contributed by atoms with Gasteiger partial charge < -0.3 is 5.11 Å². The minimum atomic E-state index is -3.76. The van der Waals surface area contributed by atoms with Crippen molar-refractivity contribution in [2.45, 2.75) is 31.6 Å². The Balaban J connectivity index is 2.24. The Morgan fingerprint density at radius 2 is 2.10 bits per heavy atom. The molecule has 0 aliphatic carbocycles. The molecule has 21 heavy (non-hydrogen) atoms. The molecule has 0 aromatic heterocycles. The molecule has 0 amide bonds. The van der Waals surface area contributed by atoms with Crippen LogP contribution in [0.15, 0.2) is 18.2 Å². The molecule has 1 fully saturated rings. The van der Waals surface area contributed by atoms with Crippen molar-refractivity contribution >= 4 is 10.0 Å². The van der Waals surface area contributed by atoms with Gasteiger partial charge in [-0.05, 0) is 24.8 Å². The Hall–Kier alpha value is -1.05. The predicted molar refractivity (Wildman–Crippen MR) is 75.0 cm³/mol. The zero-order valence-electron chi connectivity index (χ0n) is 11.8. The number of hydrogen-bond donors (Lipinski definition) is 1. The first kappa shape index (κ1) is 16.3. The van der Waals surface area contributed by atoms with Crippen LogP contribution < -0.4 is 0 Å². The molecule has 2 rings (SSSR count). The molecule has 2 unspecified atom stereocenters. The van der Waals surface area contributed by atoms with E-state index in [1.807, 2.05) is 6.92 Å². The van der Waals surface area contributed by atoms with Crippen molar-refractivity contribution in [3.63, 3.8) is 0 Å². The molecule has 1 aliphatic rings. The van der Waals surface area contributed by atoms with Crippen LogP contribution >= 0.6 is 0 Å². The molecule has 2 atom stereocenters. The summed E-state index contributed by atoms with van der Waals surface area (Å²) in [5.74, 6) is -2.09. The van der Waals surface area contributed by atoms with Gasteiger partial charge in [-0.3, -0.25) is 0 Å². The van der Waals surface area contributed by atoms with Crippen molar-refractivity contribution in [2.24, 2.45) is 5.92 Å². The van der Waals surface area contributed by atoms with E-state index >= 15 is 0 Å². The molecule has 7 heteroatoms. The van der Waals surface area contributed by atoms with Crippen LogP contribution in [0.25, 0.3) is 0 Å². The van der Waals surface area contributed by atoms with E-state index in [1.165, 1.54) is 4.31 Å². The molecule has 1 aromatic rings. The fraction of sp³-hybridized carbons (Fsp3) is 0.571. The zero-order chi connectivity index (χ0) is 15.6. The van der Waals surface area contributed by atoms with Crippen molar-refractivity contribution in [3.8, 4) is 0 Å². The molecule has 1 N–H and O–H groups in total. The highest BCUT2D eigenvalue weighted by molar-refractivity contribution is 7.88. The van der Waals surface area contributed by atoms with E-state index < -0.39 is 33.5 Å². The molecule has 0 bridgehead atoms. The molecule has 0 spiro atoms. The van der Waals surface area contributed by atoms with Crippen LogP contribution in [0, 0.1) is 17.6 Å². The molecule has 1 aliphatic heterocycles. The van der Waals surface area contributed by atoms with Gasteiger partial charge in [0.25, 0.3) is 0 Å². The monoisotopic (exact) mass is 319 g/mol. The second-order valence-corrected chi connectivity index (χ2v) is 7.39. The van der Waals surface area contributed by atoms with Crippen molar-refractivity contribution in [3.05, 3.63) is 35.4 Å². The first-order valence-corrected chi connectivity index (χ1v) is 8.50. The summed E-state index contributed by atoms with van der Waals surface area (Å²) in [5.41, 5.74) is -0.0636. The van der Waals surface area contributed by atoms with Crippen LogP contribution in [0.1, 0.15) is 25.3 Å². The number of benzene rings is 1. The highest BCUT2D eigenvalue weighted by Gasteiger charge is 2.36. The van der Waals surface area contributed by atoms with E-state index in [-0.39, 0.29) is 18.1 Å². The molecular weight excluding hydrogens is 300 g/mol. The smallest absolute Gasteiger partial charge is 0.218 e. The van der Waals surface area contributed by atoms with Gasteiger partial charge in [-0.2, -0.15) is 4.31 Å². The second-order valence-electron chi connectivity index (χ2n) is 5.47. The van der Waals surface area contributed by atoms with Crippen molar-refractivity contribution in [2.75, 3.05) is 13.2 Å². The molecule has 1 heterocycles. The van der Waals surface area contributed by atoms with Gasteiger partial charge in [0.05, 0.1) is 18.4 Å². The zero-order valence-corrected chi connectivity index (χ0v) is 12.6. The van der Waals surface area contributed by atoms with E-state index in [9.17, 15) is 22.3 Å². The summed E-state index contributed by atoms with van der Waals surface area (Å²) in [7, 11) is -3.76. The second kappa shape index (κ2) is 6.37. The van der Waals surface area contributed by atoms with E-state index in [0.717, 1.165) is 18.6 Å². The summed E-state index contributed by atoms with van der Waals surface area (Å²) < 4.78 is 52.7. The summed E-state index contributed by atoms with van der Waals surface area (Å²) in [6, 6.07) is 2.37. The number of aliphatic hydroxyl groups excluding tert-OH is 1. The number of sulfonamides is 1. The Morgan fingerprint density at radius 1 is 1.38 bits per heavy atom. The average Bonchev–Trinajstić information content (AvgIpc) is 2.41. The van der Waals surface area contributed by atoms with Crippen molar-refractivity contribution < 1.29 is 22.3 Å². The Labute approximate surface area is 123 Å². The van der Waals surface area contributed by atoms with Crippen molar-refractivity contribution in [1.82, 2.24) is 4.31 Å². The highest BCUT2D eigenvalue weighted by atomic mass is 32.2. The Bertz CT molecular complexity index is 606. The van der Waals surface area contributed by atoms with Gasteiger partial charge in [-0.25, -0.2) is 17.2 Å². The SMILES string of the molecule is CC1CCCN(S(=O)(=O)Cc2ccc(F)cc2F)C1CO. The normalized spacial score (nSPS) is 24.2. The number of nitrogens with zero attached hydrogens (tertiary/aromatic N) is 1. The van der Waals surface area contributed by atoms with Gasteiger partial charge in [0.1, 0.15) is 11.6 Å². The quantitative estimate of drug-likeness (QED) is 0.922. The standard InChI is InChI=1S/C14H19F2NO3S/c1-10-3-2-6-17(14(10)8-18)21(19,20)9-11-4-5-12(15)7-13(11)16/h4-5,7,10,14,18H,2-3,6,8-9H2,1H3. The average molecular weight is 319 g/mol. The first-order valence-electron chi connectivity index (χ1n) is 6.89. The molecule has 118 valence electrons. The first-order chi connectivity index (χ1) is 9.85. The van der Waals surface area contributed by atoms with Crippen LogP contribution in [0.5, 0.6) is 0 Å². The molecule has 4 nitrogen and oxygen atoms in total. The van der Waals surface area contributed by atoms with Crippen LogP contribution in [-0.2, 0) is 15.8 Å². The van der Waals surface area contributed by atoms with Crippen molar-refractivity contribution in [1.29, 1.82) is 0 Å². The molecule has 1 aromatic carbocycles. The topological polar surface area (TPSA) is 57.6 Å². The molecular formula is C14H19F2NO3S. The van der Waals surface area contributed by atoms with E-state index in [4.69, 9.17) is 0 Å². The number of piperidine rings is 1. The van der Waals surface area contributed by atoms with E-state index in [0.29, 0.717) is 19.0 Å². The number of hydrogen-bond acceptors (Lipinski definition) is 3. The molecule has 0 saturated carbocycles. The molecule has 0 radical (unpaired) electrons. The number of aliphatic hydroxyl groups is 1. The van der Waals surface area contributed by atoms with Gasteiger partial charge in [0.15, 0.2) is 0 Å². The Morgan fingerprint density at radius 3 is 2.71 bits per heavy atom. The number of rotatable bonds is 4. The summed E-state index contributed by atoms with van der Waals surface area (Å²) in [6.45, 7) is 1.95. The maximum Gasteiger partial charge on any atom is 0.218 e. The van der Waals surface area contributed by atoms with Crippen LogP contribution in [0.4, 0.5) is 8.78 Å². The summed E-state index contributed by atoms with van der Waals surface area (Å²) in [4.78, 5) is 0. The summed E-state index contributed by atoms with van der Waals surface area (Å²) in [5, 5.41) is 9.42. The van der Waals surface area contributed by atoms with Gasteiger partial charge >= 0.3 is 0 Å². The van der Waals surface area contributed by atoms with Gasteiger partial charge in [0, 0.05) is 18.2 Å². The maximum absolute atomic E-state index is 13.6. The Kier molecular flexibility index (Phi) is 4.95. The minimum Gasteiger partial charge on any atom is -0.395 e. The summed E-state index contributed by atoms with van der Waals surface area (Å²) >= 11 is 0. The lowest BCUT2D eigenvalue weighted by Crippen LogP contribution is -2.49. The lowest BCUT2D eigenvalue weighted by molar-refractivity contribution is 0.113. The third kappa shape index (κ3) is 3.59. The minimum absolute atomic E-state index is 0.0524.